The van der Waals surface area contributed by atoms with E-state index in [1.165, 1.54) is 20.8 Å². The van der Waals surface area contributed by atoms with Gasteiger partial charge in [0.15, 0.2) is 0 Å². The van der Waals surface area contributed by atoms with Gasteiger partial charge in [0.05, 0.1) is 5.41 Å². The van der Waals surface area contributed by atoms with E-state index >= 15 is 8.78 Å². The molecule has 1 unspecified atom stereocenters. The molecule has 0 aromatic rings. The van der Waals surface area contributed by atoms with E-state index in [9.17, 15) is 13.2 Å². The number of alkyl halides is 6. The van der Waals surface area contributed by atoms with Crippen LogP contribution < -0.4 is 0 Å². The summed E-state index contributed by atoms with van der Waals surface area (Å²) in [6, 6.07) is 0. The summed E-state index contributed by atoms with van der Waals surface area (Å²) >= 11 is 1.16. The van der Waals surface area contributed by atoms with E-state index < -0.39 is 26.9 Å². The molecular weight excluding hydrogens is 390 g/mol. The van der Waals surface area contributed by atoms with Gasteiger partial charge in [-0.3, -0.25) is 0 Å². The summed E-state index contributed by atoms with van der Waals surface area (Å²) in [7, 11) is 0. The van der Waals surface area contributed by atoms with Crippen molar-refractivity contribution >= 4 is 22.6 Å². The third kappa shape index (κ3) is 3.09. The van der Waals surface area contributed by atoms with Gasteiger partial charge in [-0.25, -0.2) is 8.78 Å². The van der Waals surface area contributed by atoms with E-state index in [1.807, 2.05) is 0 Å². The van der Waals surface area contributed by atoms with Crippen LogP contribution >= 0.6 is 22.6 Å². The topological polar surface area (TPSA) is 0 Å². The van der Waals surface area contributed by atoms with Gasteiger partial charge in [-0.1, -0.05) is 57.2 Å². The first-order valence-electron chi connectivity index (χ1n) is 6.98. The van der Waals surface area contributed by atoms with Gasteiger partial charge in [0.25, 0.3) is 5.92 Å². The van der Waals surface area contributed by atoms with E-state index in [-0.39, 0.29) is 25.7 Å². The molecule has 0 bridgehead atoms. The molecule has 0 spiro atoms. The fourth-order valence-corrected chi connectivity index (χ4v) is 4.09. The van der Waals surface area contributed by atoms with Crippen LogP contribution in [0.2, 0.25) is 0 Å². The minimum absolute atomic E-state index is 0.152. The van der Waals surface area contributed by atoms with E-state index in [2.05, 4.69) is 0 Å². The lowest BCUT2D eigenvalue weighted by molar-refractivity contribution is -0.245. The highest BCUT2D eigenvalue weighted by Gasteiger charge is 2.67. The summed E-state index contributed by atoms with van der Waals surface area (Å²) in [5.41, 5.74) is -3.49. The Kier molecular flexibility index (Phi) is 6.78. The summed E-state index contributed by atoms with van der Waals surface area (Å²) in [5.74, 6) is -3.38. The highest BCUT2D eigenvalue weighted by molar-refractivity contribution is 14.1. The molecule has 6 heteroatoms. The van der Waals surface area contributed by atoms with Crippen molar-refractivity contribution in [1.82, 2.24) is 0 Å². The zero-order valence-electron chi connectivity index (χ0n) is 12.7. The van der Waals surface area contributed by atoms with Crippen molar-refractivity contribution < 1.29 is 22.0 Å². The molecule has 0 saturated carbocycles. The van der Waals surface area contributed by atoms with Gasteiger partial charge in [-0.2, -0.15) is 13.2 Å². The monoisotopic (exact) mass is 414 g/mol. The fraction of sp³-hybridized carbons (Fsp3) is 1.00. The van der Waals surface area contributed by atoms with E-state index in [1.54, 1.807) is 13.8 Å². The average molecular weight is 414 g/mol. The smallest absolute Gasteiger partial charge is 0.206 e. The zero-order chi connectivity index (χ0) is 16.4. The molecule has 0 aromatic carbocycles. The first-order chi connectivity index (χ1) is 8.90. The largest absolute Gasteiger partial charge is 0.401 e. The molecule has 0 saturated heterocycles. The van der Waals surface area contributed by atoms with Gasteiger partial charge in [0.2, 0.25) is 0 Å². The van der Waals surface area contributed by atoms with Crippen molar-refractivity contribution in [3.63, 3.8) is 0 Å². The maximum atomic E-state index is 15.1. The molecule has 0 fully saturated rings. The van der Waals surface area contributed by atoms with Gasteiger partial charge < -0.3 is 0 Å². The maximum absolute atomic E-state index is 15.1. The minimum Gasteiger partial charge on any atom is -0.206 e. The van der Waals surface area contributed by atoms with E-state index in [0.29, 0.717) is 0 Å². The lowest BCUT2D eigenvalue weighted by Crippen LogP contribution is -2.59. The molecular formula is C14H24F5I. The molecule has 122 valence electrons. The van der Waals surface area contributed by atoms with Crippen LogP contribution in [-0.2, 0) is 0 Å². The van der Waals surface area contributed by atoms with Crippen LogP contribution in [0.1, 0.15) is 60.3 Å². The lowest BCUT2D eigenvalue weighted by atomic mass is 9.61. The Morgan fingerprint density at radius 1 is 0.800 bits per heavy atom. The molecule has 20 heavy (non-hydrogen) atoms. The number of hydrogen-bond acceptors (Lipinski definition) is 0. The van der Waals surface area contributed by atoms with Crippen molar-refractivity contribution in [2.45, 2.75) is 76.3 Å². The zero-order valence-corrected chi connectivity index (χ0v) is 14.8. The molecule has 1 atom stereocenters. The number of rotatable bonds is 7. The molecule has 0 radical (unpaired) electrons. The molecule has 0 nitrogen and oxygen atoms in total. The quantitative estimate of drug-likeness (QED) is 0.250. The van der Waals surface area contributed by atoms with Gasteiger partial charge in [-0.15, -0.1) is 0 Å². The van der Waals surface area contributed by atoms with Crippen molar-refractivity contribution in [3.05, 3.63) is 0 Å². The standard InChI is InChI=1S/C14H24F5I/c1-6-11(5,7-2)14(18,19)12(8-3,9-4)10(20)13(15,16)17/h10H,6-9H2,1-5H3. The minimum atomic E-state index is -4.63. The number of hydrogen-bond donors (Lipinski definition) is 0. The van der Waals surface area contributed by atoms with E-state index in [4.69, 9.17) is 0 Å². The summed E-state index contributed by atoms with van der Waals surface area (Å²) < 4.78 is 67.4. The normalized spacial score (nSPS) is 16.4. The van der Waals surface area contributed by atoms with Gasteiger partial charge >= 0.3 is 6.18 Å². The average Bonchev–Trinajstić information content (AvgIpc) is 2.38. The predicted octanol–water partition coefficient (Wildman–Crippen LogP) is 6.62. The first kappa shape index (κ1) is 20.4. The van der Waals surface area contributed by atoms with Crippen LogP contribution in [0.3, 0.4) is 0 Å². The molecule has 0 amide bonds. The van der Waals surface area contributed by atoms with Crippen molar-refractivity contribution in [3.8, 4) is 0 Å². The summed E-state index contributed by atoms with van der Waals surface area (Å²) in [4.78, 5) is 0. The van der Waals surface area contributed by atoms with Crippen molar-refractivity contribution in [2.24, 2.45) is 10.8 Å². The van der Waals surface area contributed by atoms with Crippen LogP contribution in [-0.4, -0.2) is 16.0 Å². The Bertz CT molecular complexity index is 303. The van der Waals surface area contributed by atoms with Crippen LogP contribution in [0.25, 0.3) is 0 Å². The second-order valence-electron chi connectivity index (χ2n) is 5.61. The first-order valence-corrected chi connectivity index (χ1v) is 8.23. The van der Waals surface area contributed by atoms with Gasteiger partial charge in [0, 0.05) is 5.41 Å². The number of halogens is 6. The summed E-state index contributed by atoms with van der Waals surface area (Å²) in [5, 5.41) is 0. The molecule has 0 rings (SSSR count). The van der Waals surface area contributed by atoms with Crippen LogP contribution in [0.4, 0.5) is 22.0 Å². The third-order valence-electron chi connectivity index (χ3n) is 4.98. The molecule has 0 aliphatic heterocycles. The highest BCUT2D eigenvalue weighted by Crippen LogP contribution is 2.61. The summed E-state index contributed by atoms with van der Waals surface area (Å²) in [6.07, 6.45) is -4.71. The SMILES string of the molecule is CCC(C)(CC)C(F)(F)C(CC)(CC)C(I)C(F)(F)F. The Balaban J connectivity index is 6.03. The third-order valence-corrected chi connectivity index (χ3v) is 6.88. The second kappa shape index (κ2) is 6.65. The van der Waals surface area contributed by atoms with E-state index in [0.717, 1.165) is 22.6 Å². The highest BCUT2D eigenvalue weighted by atomic mass is 127. The summed E-state index contributed by atoms with van der Waals surface area (Å²) in [6.45, 7) is 7.49. The molecule has 0 N–H and O–H groups in total. The lowest BCUT2D eigenvalue weighted by Gasteiger charge is -2.51. The Morgan fingerprint density at radius 3 is 1.35 bits per heavy atom. The maximum Gasteiger partial charge on any atom is 0.401 e. The predicted molar refractivity (Wildman–Crippen MR) is 80.5 cm³/mol. The Labute approximate surface area is 132 Å². The fourth-order valence-electron chi connectivity index (χ4n) is 2.82. The Morgan fingerprint density at radius 2 is 1.15 bits per heavy atom. The Hall–Kier alpha value is 0.380. The van der Waals surface area contributed by atoms with Crippen LogP contribution in [0, 0.1) is 10.8 Å². The molecule has 0 heterocycles. The second-order valence-corrected chi connectivity index (χ2v) is 6.86. The van der Waals surface area contributed by atoms with Crippen LogP contribution in [0.15, 0.2) is 0 Å². The van der Waals surface area contributed by atoms with Crippen LogP contribution in [0.5, 0.6) is 0 Å². The molecule has 0 aliphatic carbocycles. The molecule has 0 aromatic heterocycles. The van der Waals surface area contributed by atoms with Crippen molar-refractivity contribution in [1.29, 1.82) is 0 Å². The van der Waals surface area contributed by atoms with Gasteiger partial charge in [0.1, 0.15) is 3.92 Å². The molecule has 0 aliphatic rings. The van der Waals surface area contributed by atoms with Crippen molar-refractivity contribution in [2.75, 3.05) is 0 Å². The van der Waals surface area contributed by atoms with Gasteiger partial charge in [-0.05, 0) is 25.7 Å².